The van der Waals surface area contributed by atoms with Crippen LogP contribution in [0.4, 0.5) is 10.1 Å². The molecular weight excluding hydrogens is 528 g/mol. The lowest BCUT2D eigenvalue weighted by molar-refractivity contribution is -0.140. The molecule has 0 aliphatic rings. The van der Waals surface area contributed by atoms with Crippen LogP contribution in [0.5, 0.6) is 0 Å². The van der Waals surface area contributed by atoms with Crippen molar-refractivity contribution in [2.24, 2.45) is 0 Å². The van der Waals surface area contributed by atoms with Crippen LogP contribution in [0, 0.1) is 5.82 Å². The number of nitrogens with one attached hydrogen (secondary N) is 1. The van der Waals surface area contributed by atoms with Gasteiger partial charge in [-0.15, -0.1) is 0 Å². The molecule has 0 fully saturated rings. The number of hydrogen-bond donors (Lipinski definition) is 1. The molecule has 0 aromatic heterocycles. The number of halogens is 3. The second-order valence-electron chi connectivity index (χ2n) is 8.68. The van der Waals surface area contributed by atoms with Gasteiger partial charge in [0.15, 0.2) is 0 Å². The molecule has 0 bridgehead atoms. The maximum absolute atomic E-state index is 13.3. The number of hydrogen-bond acceptors (Lipinski definition) is 4. The Balaban J connectivity index is 2.19. The first-order valence-corrected chi connectivity index (χ1v) is 14.2. The average Bonchev–Trinajstić information content (AvgIpc) is 2.81. The van der Waals surface area contributed by atoms with Gasteiger partial charge in [0.2, 0.25) is 21.8 Å². The minimum absolute atomic E-state index is 0.00448. The van der Waals surface area contributed by atoms with E-state index in [4.69, 9.17) is 23.2 Å². The van der Waals surface area contributed by atoms with Crippen molar-refractivity contribution < 1.29 is 22.4 Å². The molecule has 2 rings (SSSR count). The predicted molar refractivity (Wildman–Crippen MR) is 142 cm³/mol. The smallest absolute Gasteiger partial charge is 0.242 e. The number of sulfonamides is 1. The zero-order valence-electron chi connectivity index (χ0n) is 20.8. The SMILES string of the molecule is CC[C@@H](C)NC(=O)[C@H](C)N(Cc1ccc(Cl)c(Cl)c1)C(=O)CCCN(c1ccc(F)cc1)S(C)(=O)=O. The fourth-order valence-corrected chi connectivity index (χ4v) is 4.78. The molecule has 1 N–H and O–H groups in total. The van der Waals surface area contributed by atoms with E-state index in [2.05, 4.69) is 5.32 Å². The van der Waals surface area contributed by atoms with Crippen LogP contribution in [-0.4, -0.2) is 50.0 Å². The highest BCUT2D eigenvalue weighted by atomic mass is 35.5. The summed E-state index contributed by atoms with van der Waals surface area (Å²) < 4.78 is 39.1. The van der Waals surface area contributed by atoms with Crippen LogP contribution in [0.15, 0.2) is 42.5 Å². The van der Waals surface area contributed by atoms with Crippen LogP contribution in [0.2, 0.25) is 10.0 Å². The van der Waals surface area contributed by atoms with Gasteiger partial charge in [-0.05, 0) is 68.7 Å². The van der Waals surface area contributed by atoms with Gasteiger partial charge in [0.1, 0.15) is 11.9 Å². The monoisotopic (exact) mass is 559 g/mol. The van der Waals surface area contributed by atoms with Crippen molar-refractivity contribution in [2.75, 3.05) is 17.1 Å². The minimum Gasteiger partial charge on any atom is -0.352 e. The Hall–Kier alpha value is -2.36. The van der Waals surface area contributed by atoms with E-state index >= 15 is 0 Å². The maximum atomic E-state index is 13.3. The van der Waals surface area contributed by atoms with Crippen LogP contribution in [0.25, 0.3) is 0 Å². The molecule has 0 spiro atoms. The third-order valence-electron chi connectivity index (χ3n) is 5.77. The van der Waals surface area contributed by atoms with Crippen molar-refractivity contribution in [3.8, 4) is 0 Å². The van der Waals surface area contributed by atoms with Crippen LogP contribution < -0.4 is 9.62 Å². The van der Waals surface area contributed by atoms with E-state index in [9.17, 15) is 22.4 Å². The number of benzene rings is 2. The average molecular weight is 561 g/mol. The third-order valence-corrected chi connectivity index (χ3v) is 7.71. The molecule has 0 heterocycles. The highest BCUT2D eigenvalue weighted by molar-refractivity contribution is 7.92. The van der Waals surface area contributed by atoms with Gasteiger partial charge in [-0.25, -0.2) is 12.8 Å². The van der Waals surface area contributed by atoms with Gasteiger partial charge in [-0.3, -0.25) is 13.9 Å². The molecule has 2 amide bonds. The number of rotatable bonds is 12. The molecular formula is C25H32Cl2FN3O4S. The lowest BCUT2D eigenvalue weighted by atomic mass is 10.1. The van der Waals surface area contributed by atoms with Crippen molar-refractivity contribution in [2.45, 2.75) is 58.7 Å². The van der Waals surface area contributed by atoms with E-state index in [1.54, 1.807) is 25.1 Å². The molecule has 0 saturated heterocycles. The normalized spacial score (nSPS) is 13.1. The summed E-state index contributed by atoms with van der Waals surface area (Å²) in [5.41, 5.74) is 1.00. The van der Waals surface area contributed by atoms with E-state index < -0.39 is 21.9 Å². The molecule has 0 aliphatic carbocycles. The molecule has 0 saturated carbocycles. The minimum atomic E-state index is -3.66. The summed E-state index contributed by atoms with van der Waals surface area (Å²) in [5.74, 6) is -1.09. The van der Waals surface area contributed by atoms with Gasteiger partial charge in [-0.2, -0.15) is 0 Å². The summed E-state index contributed by atoms with van der Waals surface area (Å²) in [6, 6.07) is 9.26. The Bertz CT molecular complexity index is 1160. The van der Waals surface area contributed by atoms with E-state index in [0.717, 1.165) is 17.0 Å². The zero-order valence-corrected chi connectivity index (χ0v) is 23.1. The summed E-state index contributed by atoms with van der Waals surface area (Å²) in [4.78, 5) is 27.6. The fraction of sp³-hybridized carbons (Fsp3) is 0.440. The number of carbonyl (C=O) groups excluding carboxylic acids is 2. The number of anilines is 1. The Kier molecular flexibility index (Phi) is 11.0. The van der Waals surface area contributed by atoms with E-state index in [1.807, 2.05) is 13.8 Å². The van der Waals surface area contributed by atoms with Crippen molar-refractivity contribution in [3.63, 3.8) is 0 Å². The van der Waals surface area contributed by atoms with E-state index in [1.165, 1.54) is 29.2 Å². The first-order chi connectivity index (χ1) is 16.8. The first kappa shape index (κ1) is 29.9. The molecule has 2 atom stereocenters. The van der Waals surface area contributed by atoms with Gasteiger partial charge >= 0.3 is 0 Å². The Morgan fingerprint density at radius 3 is 2.25 bits per heavy atom. The Morgan fingerprint density at radius 1 is 1.06 bits per heavy atom. The molecule has 0 unspecified atom stereocenters. The van der Waals surface area contributed by atoms with Gasteiger partial charge in [0.25, 0.3) is 0 Å². The highest BCUT2D eigenvalue weighted by Crippen LogP contribution is 2.24. The standard InChI is InChI=1S/C25H32Cl2FN3O4S/c1-5-17(2)29-25(33)18(3)30(16-19-8-13-22(26)23(27)15-19)24(32)7-6-14-31(36(4,34)35)21-11-9-20(28)10-12-21/h8-13,15,17-18H,5-7,14,16H2,1-4H3,(H,29,33)/t17-,18+/m1/s1. The lowest BCUT2D eigenvalue weighted by Gasteiger charge is -2.30. The van der Waals surface area contributed by atoms with Crippen molar-refractivity contribution >= 4 is 50.7 Å². The quantitative estimate of drug-likeness (QED) is 0.396. The number of amides is 2. The molecule has 2 aromatic carbocycles. The zero-order chi connectivity index (χ0) is 27.0. The van der Waals surface area contributed by atoms with E-state index in [-0.39, 0.29) is 43.8 Å². The topological polar surface area (TPSA) is 86.8 Å². The summed E-state index contributed by atoms with van der Waals surface area (Å²) in [7, 11) is -3.66. The van der Waals surface area contributed by atoms with Gasteiger partial charge in [-0.1, -0.05) is 36.2 Å². The summed E-state index contributed by atoms with van der Waals surface area (Å²) in [6.07, 6.45) is 1.98. The molecule has 7 nitrogen and oxygen atoms in total. The molecule has 36 heavy (non-hydrogen) atoms. The number of nitrogens with zero attached hydrogens (tertiary/aromatic N) is 2. The maximum Gasteiger partial charge on any atom is 0.242 e. The molecule has 0 radical (unpaired) electrons. The van der Waals surface area contributed by atoms with Crippen molar-refractivity contribution in [3.05, 3.63) is 63.9 Å². The largest absolute Gasteiger partial charge is 0.352 e. The molecule has 11 heteroatoms. The Labute approximate surface area is 222 Å². The molecule has 0 aliphatic heterocycles. The Morgan fingerprint density at radius 2 is 1.69 bits per heavy atom. The molecule has 2 aromatic rings. The molecule has 198 valence electrons. The predicted octanol–water partition coefficient (Wildman–Crippen LogP) is 5.01. The summed E-state index contributed by atoms with van der Waals surface area (Å²) >= 11 is 12.1. The van der Waals surface area contributed by atoms with Crippen LogP contribution >= 0.6 is 23.2 Å². The van der Waals surface area contributed by atoms with E-state index in [0.29, 0.717) is 21.3 Å². The second-order valence-corrected chi connectivity index (χ2v) is 11.4. The van der Waals surface area contributed by atoms with Gasteiger partial charge in [0.05, 0.1) is 22.0 Å². The van der Waals surface area contributed by atoms with Gasteiger partial charge < -0.3 is 10.2 Å². The summed E-state index contributed by atoms with van der Waals surface area (Å²) in [5, 5.41) is 3.60. The lowest BCUT2D eigenvalue weighted by Crippen LogP contribution is -2.49. The number of carbonyl (C=O) groups is 2. The van der Waals surface area contributed by atoms with Crippen LogP contribution in [-0.2, 0) is 26.2 Å². The highest BCUT2D eigenvalue weighted by Gasteiger charge is 2.27. The van der Waals surface area contributed by atoms with Crippen LogP contribution in [0.3, 0.4) is 0 Å². The van der Waals surface area contributed by atoms with Crippen LogP contribution in [0.1, 0.15) is 45.6 Å². The van der Waals surface area contributed by atoms with Crippen molar-refractivity contribution in [1.29, 1.82) is 0 Å². The third kappa shape index (κ3) is 8.64. The summed E-state index contributed by atoms with van der Waals surface area (Å²) in [6.45, 7) is 5.62. The fourth-order valence-electron chi connectivity index (χ4n) is 3.49. The second kappa shape index (κ2) is 13.3. The van der Waals surface area contributed by atoms with Gasteiger partial charge in [0, 0.05) is 25.6 Å². The van der Waals surface area contributed by atoms with Crippen molar-refractivity contribution in [1.82, 2.24) is 10.2 Å². The first-order valence-electron chi connectivity index (χ1n) is 11.6.